The van der Waals surface area contributed by atoms with Crippen LogP contribution in [0.25, 0.3) is 11.3 Å². The number of ketones is 1. The van der Waals surface area contributed by atoms with Crippen molar-refractivity contribution in [1.29, 1.82) is 0 Å². The van der Waals surface area contributed by atoms with Crippen LogP contribution in [0.4, 0.5) is 5.82 Å². The fourth-order valence-corrected chi connectivity index (χ4v) is 5.92. The van der Waals surface area contributed by atoms with Crippen molar-refractivity contribution in [3.05, 3.63) is 106 Å². The van der Waals surface area contributed by atoms with Gasteiger partial charge in [0.25, 0.3) is 11.5 Å². The number of aliphatic hydroxyl groups excluding tert-OH is 1. The summed E-state index contributed by atoms with van der Waals surface area (Å²) in [6.45, 7) is 0.0231. The largest absolute Gasteiger partial charge is 0.392 e. The van der Waals surface area contributed by atoms with Crippen LogP contribution in [-0.4, -0.2) is 36.1 Å². The number of thiophene rings is 1. The number of hydrogen-bond acceptors (Lipinski definition) is 9. The zero-order valence-electron chi connectivity index (χ0n) is 20.0. The molecule has 0 saturated heterocycles. The molecule has 0 bridgehead atoms. The summed E-state index contributed by atoms with van der Waals surface area (Å²) in [6.07, 6.45) is 0. The summed E-state index contributed by atoms with van der Waals surface area (Å²) in [7, 11) is 0. The van der Waals surface area contributed by atoms with Crippen molar-refractivity contribution in [2.75, 3.05) is 5.32 Å². The van der Waals surface area contributed by atoms with Gasteiger partial charge in [-0.3, -0.25) is 19.0 Å². The Morgan fingerprint density at radius 1 is 1.13 bits per heavy atom. The SMILES string of the molecule is O=C(Cn1c(Br)cc(-c2cc(NCc3ccc(Cl)s3)n(C(=O)c3cccc(CO)c3)n2)cc1=O)c1cscn1. The molecule has 1 aromatic carbocycles. The molecule has 198 valence electrons. The lowest BCUT2D eigenvalue weighted by atomic mass is 10.1. The van der Waals surface area contributed by atoms with E-state index in [4.69, 9.17) is 11.6 Å². The molecule has 9 nitrogen and oxygen atoms in total. The van der Waals surface area contributed by atoms with E-state index in [9.17, 15) is 19.5 Å². The average molecular weight is 645 g/mol. The minimum Gasteiger partial charge on any atom is -0.392 e. The minimum atomic E-state index is -0.415. The maximum Gasteiger partial charge on any atom is 0.280 e. The zero-order chi connectivity index (χ0) is 27.5. The second kappa shape index (κ2) is 11.8. The normalized spacial score (nSPS) is 11.1. The number of nitrogens with one attached hydrogen (secondary N) is 1. The molecule has 0 atom stereocenters. The maximum absolute atomic E-state index is 13.5. The summed E-state index contributed by atoms with van der Waals surface area (Å²) in [5.74, 6) is -0.288. The number of carbonyl (C=O) groups is 2. The number of anilines is 1. The standard InChI is InChI=1S/C26H19BrClN5O4S2/c27-22-7-17(8-25(36)32(22)11-21(35)20-13-38-14-30-20)19-9-24(29-10-18-4-5-23(28)39-18)33(31-19)26(37)16-3-1-2-15(6-16)12-34/h1-9,13-14,29,34H,10-12H2. The van der Waals surface area contributed by atoms with Gasteiger partial charge in [0.1, 0.15) is 11.5 Å². The molecule has 0 aliphatic rings. The fourth-order valence-electron chi connectivity index (χ4n) is 3.79. The molecule has 0 aliphatic heterocycles. The number of carbonyl (C=O) groups excluding carboxylic acids is 2. The predicted octanol–water partition coefficient (Wildman–Crippen LogP) is 5.32. The molecule has 5 rings (SSSR count). The average Bonchev–Trinajstić information content (AvgIpc) is 3.70. The van der Waals surface area contributed by atoms with Crippen LogP contribution in [0.15, 0.2) is 74.9 Å². The van der Waals surface area contributed by atoms with E-state index in [0.29, 0.717) is 49.4 Å². The van der Waals surface area contributed by atoms with Crippen LogP contribution in [0.5, 0.6) is 0 Å². The lowest BCUT2D eigenvalue weighted by Gasteiger charge is -2.09. The maximum atomic E-state index is 13.5. The number of halogens is 2. The lowest BCUT2D eigenvalue weighted by Crippen LogP contribution is -2.24. The number of thiazole rings is 1. The van der Waals surface area contributed by atoms with Gasteiger partial charge < -0.3 is 10.4 Å². The van der Waals surface area contributed by atoms with Crippen molar-refractivity contribution in [1.82, 2.24) is 19.3 Å². The van der Waals surface area contributed by atoms with Gasteiger partial charge in [0.05, 0.1) is 39.8 Å². The quantitative estimate of drug-likeness (QED) is 0.165. The van der Waals surface area contributed by atoms with Gasteiger partial charge >= 0.3 is 0 Å². The lowest BCUT2D eigenvalue weighted by molar-refractivity contribution is 0.0944. The van der Waals surface area contributed by atoms with Crippen LogP contribution in [-0.2, 0) is 19.7 Å². The molecule has 0 fully saturated rings. The molecule has 0 spiro atoms. The first-order chi connectivity index (χ1) is 18.8. The van der Waals surface area contributed by atoms with Gasteiger partial charge in [0.15, 0.2) is 0 Å². The van der Waals surface area contributed by atoms with E-state index in [1.807, 2.05) is 6.07 Å². The van der Waals surface area contributed by atoms with Gasteiger partial charge in [-0.25, -0.2) is 4.98 Å². The van der Waals surface area contributed by atoms with E-state index in [1.165, 1.54) is 38.0 Å². The number of benzene rings is 1. The predicted molar refractivity (Wildman–Crippen MR) is 155 cm³/mol. The first-order valence-electron chi connectivity index (χ1n) is 11.5. The van der Waals surface area contributed by atoms with Crippen molar-refractivity contribution in [3.63, 3.8) is 0 Å². The molecule has 5 aromatic rings. The number of pyridine rings is 1. The third-order valence-electron chi connectivity index (χ3n) is 5.72. The Morgan fingerprint density at radius 2 is 1.97 bits per heavy atom. The molecule has 0 saturated carbocycles. The molecular formula is C26H19BrClN5O4S2. The number of aromatic nitrogens is 4. The number of aliphatic hydroxyl groups is 1. The van der Waals surface area contributed by atoms with Crippen LogP contribution >= 0.6 is 50.2 Å². The van der Waals surface area contributed by atoms with E-state index < -0.39 is 11.5 Å². The molecule has 4 aromatic heterocycles. The monoisotopic (exact) mass is 643 g/mol. The molecule has 39 heavy (non-hydrogen) atoms. The first-order valence-corrected chi connectivity index (χ1v) is 14.4. The summed E-state index contributed by atoms with van der Waals surface area (Å²) in [5.41, 5.74) is 3.22. The molecule has 0 amide bonds. The highest BCUT2D eigenvalue weighted by Gasteiger charge is 2.20. The summed E-state index contributed by atoms with van der Waals surface area (Å²) >= 11 is 12.2. The Labute approximate surface area is 243 Å². The number of Topliss-reactive ketones (excluding diaryl/α,β-unsaturated/α-hetero) is 1. The Morgan fingerprint density at radius 3 is 2.67 bits per heavy atom. The summed E-state index contributed by atoms with van der Waals surface area (Å²) in [6, 6.07) is 15.0. The smallest absolute Gasteiger partial charge is 0.280 e. The Hall–Kier alpha value is -3.42. The van der Waals surface area contributed by atoms with Crippen LogP contribution in [0.3, 0.4) is 0 Å². The number of hydrogen-bond donors (Lipinski definition) is 2. The van der Waals surface area contributed by atoms with Gasteiger partial charge in [-0.1, -0.05) is 23.7 Å². The van der Waals surface area contributed by atoms with Gasteiger partial charge in [-0.15, -0.1) is 22.7 Å². The van der Waals surface area contributed by atoms with E-state index in [2.05, 4.69) is 31.3 Å². The molecule has 0 radical (unpaired) electrons. The van der Waals surface area contributed by atoms with E-state index in [-0.39, 0.29) is 18.9 Å². The van der Waals surface area contributed by atoms with Gasteiger partial charge in [0.2, 0.25) is 5.78 Å². The van der Waals surface area contributed by atoms with Crippen molar-refractivity contribution in [3.8, 4) is 11.3 Å². The second-order valence-corrected chi connectivity index (χ2v) is 11.7. The third-order valence-corrected chi connectivity index (χ3v) is 8.20. The third kappa shape index (κ3) is 6.10. The van der Waals surface area contributed by atoms with E-state index >= 15 is 0 Å². The molecule has 0 aliphatic carbocycles. The van der Waals surface area contributed by atoms with Crippen LogP contribution in [0.1, 0.15) is 31.3 Å². The van der Waals surface area contributed by atoms with Crippen LogP contribution in [0, 0.1) is 0 Å². The summed E-state index contributed by atoms with van der Waals surface area (Å²) in [5, 5.41) is 18.9. The van der Waals surface area contributed by atoms with Gasteiger partial charge in [0, 0.05) is 33.5 Å². The second-order valence-electron chi connectivity index (χ2n) is 8.34. The summed E-state index contributed by atoms with van der Waals surface area (Å²) < 4.78 is 3.56. The minimum absolute atomic E-state index is 0.173. The zero-order valence-corrected chi connectivity index (χ0v) is 24.0. The first kappa shape index (κ1) is 27.2. The Balaban J connectivity index is 1.49. The molecule has 13 heteroatoms. The Kier molecular flexibility index (Phi) is 8.19. The van der Waals surface area contributed by atoms with Crippen molar-refractivity contribution < 1.29 is 14.7 Å². The van der Waals surface area contributed by atoms with Crippen LogP contribution < -0.4 is 10.9 Å². The molecule has 4 heterocycles. The molecular weight excluding hydrogens is 626 g/mol. The number of rotatable bonds is 9. The van der Waals surface area contributed by atoms with Gasteiger partial charge in [-0.05, 0) is 51.8 Å². The van der Waals surface area contributed by atoms with E-state index in [1.54, 1.807) is 53.4 Å². The van der Waals surface area contributed by atoms with Crippen LogP contribution in [0.2, 0.25) is 4.34 Å². The Bertz CT molecular complexity index is 1730. The fraction of sp³-hybridized carbons (Fsp3) is 0.115. The van der Waals surface area contributed by atoms with Crippen molar-refractivity contribution >= 4 is 67.7 Å². The van der Waals surface area contributed by atoms with Gasteiger partial charge in [-0.2, -0.15) is 9.78 Å². The highest BCUT2D eigenvalue weighted by Crippen LogP contribution is 2.27. The highest BCUT2D eigenvalue weighted by atomic mass is 79.9. The summed E-state index contributed by atoms with van der Waals surface area (Å²) in [4.78, 5) is 43.9. The molecule has 2 N–H and O–H groups in total. The molecule has 0 unspecified atom stereocenters. The van der Waals surface area contributed by atoms with E-state index in [0.717, 1.165) is 4.88 Å². The highest BCUT2D eigenvalue weighted by molar-refractivity contribution is 9.10. The number of nitrogens with zero attached hydrogens (tertiary/aromatic N) is 4. The topological polar surface area (TPSA) is 119 Å². The van der Waals surface area contributed by atoms with Crippen molar-refractivity contribution in [2.45, 2.75) is 19.7 Å². The van der Waals surface area contributed by atoms with Crippen molar-refractivity contribution in [2.24, 2.45) is 0 Å².